The van der Waals surface area contributed by atoms with Gasteiger partial charge in [0.1, 0.15) is 0 Å². The van der Waals surface area contributed by atoms with Crippen LogP contribution in [-0.2, 0) is 15.8 Å². The first-order chi connectivity index (χ1) is 15.4. The first kappa shape index (κ1) is 22.9. The zero-order valence-electron chi connectivity index (χ0n) is 19.3. The molecule has 3 aromatic rings. The van der Waals surface area contributed by atoms with Gasteiger partial charge in [0.15, 0.2) is 0 Å². The summed E-state index contributed by atoms with van der Waals surface area (Å²) in [5.41, 5.74) is 0.337. The molecule has 32 heavy (non-hydrogen) atoms. The molecule has 168 valence electrons. The molecule has 1 saturated carbocycles. The summed E-state index contributed by atoms with van der Waals surface area (Å²) in [6.45, 7) is 8.24. The van der Waals surface area contributed by atoms with Crippen molar-refractivity contribution in [1.29, 1.82) is 0 Å². The molecule has 1 fully saturated rings. The van der Waals surface area contributed by atoms with Crippen LogP contribution in [0.15, 0.2) is 91.0 Å². The molecule has 0 amide bonds. The molecule has 0 bridgehead atoms. The number of benzene rings is 3. The second kappa shape index (κ2) is 9.32. The maximum Gasteiger partial charge on any atom is 0.261 e. The summed E-state index contributed by atoms with van der Waals surface area (Å²) in [5, 5.41) is 13.6. The van der Waals surface area contributed by atoms with Gasteiger partial charge in [0.25, 0.3) is 8.32 Å². The second-order valence-corrected chi connectivity index (χ2v) is 14.3. The summed E-state index contributed by atoms with van der Waals surface area (Å²) in [4.78, 5) is 0. The van der Waals surface area contributed by atoms with Gasteiger partial charge in [-0.25, -0.2) is 0 Å². The van der Waals surface area contributed by atoms with E-state index >= 15 is 0 Å². The van der Waals surface area contributed by atoms with Gasteiger partial charge in [-0.05, 0) is 27.4 Å². The van der Waals surface area contributed by atoms with Crippen LogP contribution in [0.2, 0.25) is 5.04 Å². The molecule has 3 aromatic carbocycles. The van der Waals surface area contributed by atoms with E-state index < -0.39 is 13.9 Å². The van der Waals surface area contributed by atoms with Crippen LogP contribution in [0.3, 0.4) is 0 Å². The first-order valence-corrected chi connectivity index (χ1v) is 13.3. The summed E-state index contributed by atoms with van der Waals surface area (Å²) in [5.74, 6) is 0.115. The van der Waals surface area contributed by atoms with Crippen molar-refractivity contribution in [1.82, 2.24) is 0 Å². The molecule has 2 atom stereocenters. The zero-order valence-corrected chi connectivity index (χ0v) is 20.3. The molecule has 1 aliphatic rings. The average Bonchev–Trinajstić information content (AvgIpc) is 3.45. The molecule has 3 nitrogen and oxygen atoms in total. The Bertz CT molecular complexity index is 946. The Morgan fingerprint density at radius 2 is 1.34 bits per heavy atom. The number of rotatable bonds is 9. The van der Waals surface area contributed by atoms with E-state index in [0.29, 0.717) is 19.8 Å². The van der Waals surface area contributed by atoms with Gasteiger partial charge in [0.05, 0.1) is 25.4 Å². The van der Waals surface area contributed by atoms with Gasteiger partial charge in [-0.3, -0.25) is 0 Å². The number of hydrogen-bond acceptors (Lipinski definition) is 3. The molecular formula is C28H34O3Si. The maximum absolute atomic E-state index is 11.2. The van der Waals surface area contributed by atoms with Gasteiger partial charge in [-0.1, -0.05) is 112 Å². The van der Waals surface area contributed by atoms with Gasteiger partial charge in [0, 0.05) is 5.92 Å². The SMILES string of the molecule is CC(C)(C)[Si](OCC1(O)CC1COCc1ccccc1)(c1ccccc1)c1ccccc1. The minimum Gasteiger partial charge on any atom is -0.404 e. The quantitative estimate of drug-likeness (QED) is 0.491. The van der Waals surface area contributed by atoms with Crippen molar-refractivity contribution in [3.8, 4) is 0 Å². The van der Waals surface area contributed by atoms with Gasteiger partial charge in [0.2, 0.25) is 0 Å². The Balaban J connectivity index is 1.50. The fourth-order valence-corrected chi connectivity index (χ4v) is 9.27. The molecule has 4 rings (SSSR count). The second-order valence-electron chi connectivity index (χ2n) is 9.96. The predicted octanol–water partition coefficient (Wildman–Crippen LogP) is 4.53. The highest BCUT2D eigenvalue weighted by Crippen LogP contribution is 2.46. The van der Waals surface area contributed by atoms with Crippen molar-refractivity contribution in [3.63, 3.8) is 0 Å². The van der Waals surface area contributed by atoms with Crippen LogP contribution in [0.5, 0.6) is 0 Å². The van der Waals surface area contributed by atoms with Gasteiger partial charge in [-0.15, -0.1) is 0 Å². The molecule has 1 aliphatic carbocycles. The van der Waals surface area contributed by atoms with Crippen LogP contribution in [0.4, 0.5) is 0 Å². The van der Waals surface area contributed by atoms with E-state index in [2.05, 4.69) is 81.4 Å². The summed E-state index contributed by atoms with van der Waals surface area (Å²) in [6.07, 6.45) is 0.722. The fraction of sp³-hybridized carbons (Fsp3) is 0.357. The van der Waals surface area contributed by atoms with Crippen molar-refractivity contribution < 1.29 is 14.3 Å². The van der Waals surface area contributed by atoms with Crippen LogP contribution in [0.25, 0.3) is 0 Å². The molecule has 0 aromatic heterocycles. The summed E-state index contributed by atoms with van der Waals surface area (Å²) in [7, 11) is -2.63. The largest absolute Gasteiger partial charge is 0.404 e. The zero-order chi connectivity index (χ0) is 22.7. The van der Waals surface area contributed by atoms with E-state index in [9.17, 15) is 5.11 Å². The molecule has 4 heteroatoms. The fourth-order valence-electron chi connectivity index (χ4n) is 4.65. The summed E-state index contributed by atoms with van der Waals surface area (Å²) >= 11 is 0. The van der Waals surface area contributed by atoms with E-state index in [1.165, 1.54) is 10.4 Å². The molecule has 0 radical (unpaired) electrons. The van der Waals surface area contributed by atoms with E-state index in [1.54, 1.807) is 0 Å². The third kappa shape index (κ3) is 4.74. The number of aliphatic hydroxyl groups is 1. The minimum absolute atomic E-state index is 0.0970. The lowest BCUT2D eigenvalue weighted by atomic mass is 10.2. The van der Waals surface area contributed by atoms with Crippen molar-refractivity contribution >= 4 is 18.7 Å². The standard InChI is InChI=1S/C28H34O3Si/c1-27(2,3)32(25-15-9-5-10-16-25,26-17-11-6-12-18-26)31-22-28(29)19-24(28)21-30-20-23-13-7-4-8-14-23/h4-18,24,29H,19-22H2,1-3H3. The molecule has 0 saturated heterocycles. The average molecular weight is 447 g/mol. The van der Waals surface area contributed by atoms with Crippen LogP contribution < -0.4 is 10.4 Å². The Morgan fingerprint density at radius 3 is 1.84 bits per heavy atom. The topological polar surface area (TPSA) is 38.7 Å². The van der Waals surface area contributed by atoms with E-state index in [0.717, 1.165) is 12.0 Å². The maximum atomic E-state index is 11.2. The van der Waals surface area contributed by atoms with Crippen LogP contribution in [0, 0.1) is 5.92 Å². The molecule has 0 aliphatic heterocycles. The lowest BCUT2D eigenvalue weighted by Crippen LogP contribution is -2.67. The summed E-state index contributed by atoms with van der Waals surface area (Å²) < 4.78 is 12.8. The van der Waals surface area contributed by atoms with E-state index in [1.807, 2.05) is 30.3 Å². The van der Waals surface area contributed by atoms with Crippen molar-refractivity contribution in [2.24, 2.45) is 5.92 Å². The van der Waals surface area contributed by atoms with Crippen molar-refractivity contribution in [2.75, 3.05) is 13.2 Å². The third-order valence-corrected chi connectivity index (χ3v) is 11.6. The summed E-state index contributed by atoms with van der Waals surface area (Å²) in [6, 6.07) is 31.3. The van der Waals surface area contributed by atoms with Crippen LogP contribution >= 0.6 is 0 Å². The van der Waals surface area contributed by atoms with Crippen LogP contribution in [0.1, 0.15) is 32.8 Å². The molecule has 0 heterocycles. The van der Waals surface area contributed by atoms with Gasteiger partial charge >= 0.3 is 0 Å². The Kier molecular flexibility index (Phi) is 6.68. The van der Waals surface area contributed by atoms with E-state index in [-0.39, 0.29) is 11.0 Å². The number of ether oxygens (including phenoxy) is 1. The highest BCUT2D eigenvalue weighted by Gasteiger charge is 2.57. The Labute approximate surface area is 193 Å². The smallest absolute Gasteiger partial charge is 0.261 e. The van der Waals surface area contributed by atoms with Crippen molar-refractivity contribution in [2.45, 2.75) is 44.4 Å². The number of hydrogen-bond donors (Lipinski definition) is 1. The molecule has 1 N–H and O–H groups in total. The minimum atomic E-state index is -2.63. The molecular weight excluding hydrogens is 412 g/mol. The van der Waals surface area contributed by atoms with Crippen LogP contribution in [-0.4, -0.2) is 32.2 Å². The lowest BCUT2D eigenvalue weighted by Gasteiger charge is -2.43. The first-order valence-electron chi connectivity index (χ1n) is 11.4. The Morgan fingerprint density at radius 1 is 0.844 bits per heavy atom. The van der Waals surface area contributed by atoms with Gasteiger partial charge < -0.3 is 14.3 Å². The molecule has 0 spiro atoms. The molecule has 2 unspecified atom stereocenters. The van der Waals surface area contributed by atoms with Crippen molar-refractivity contribution in [3.05, 3.63) is 96.6 Å². The highest BCUT2D eigenvalue weighted by molar-refractivity contribution is 6.99. The Hall–Kier alpha value is -2.24. The monoisotopic (exact) mass is 446 g/mol. The van der Waals surface area contributed by atoms with Gasteiger partial charge in [-0.2, -0.15) is 0 Å². The lowest BCUT2D eigenvalue weighted by molar-refractivity contribution is 0.0359. The predicted molar refractivity (Wildman–Crippen MR) is 133 cm³/mol. The van der Waals surface area contributed by atoms with E-state index in [4.69, 9.17) is 9.16 Å². The normalized spacial score (nSPS) is 20.8. The highest BCUT2D eigenvalue weighted by atomic mass is 28.4. The third-order valence-electron chi connectivity index (χ3n) is 6.59.